The molecule has 0 N–H and O–H groups in total. The molecule has 0 fully saturated rings. The average Bonchev–Trinajstić information content (AvgIpc) is 3.96. The van der Waals surface area contributed by atoms with E-state index in [9.17, 15) is 0 Å². The van der Waals surface area contributed by atoms with E-state index in [-0.39, 0.29) is 0 Å². The molecule has 0 bridgehead atoms. The van der Waals surface area contributed by atoms with Crippen molar-refractivity contribution in [2.45, 2.75) is 0 Å². The van der Waals surface area contributed by atoms with Crippen LogP contribution in [0.4, 0.5) is 0 Å². The van der Waals surface area contributed by atoms with Crippen LogP contribution in [0.2, 0.25) is 0 Å². The van der Waals surface area contributed by atoms with E-state index < -0.39 is 0 Å². The minimum absolute atomic E-state index is 0.727. The van der Waals surface area contributed by atoms with Crippen molar-refractivity contribution in [2.24, 2.45) is 0 Å². The van der Waals surface area contributed by atoms with Crippen molar-refractivity contribution in [2.75, 3.05) is 0 Å². The zero-order valence-electron chi connectivity index (χ0n) is 28.2. The lowest BCUT2D eigenvalue weighted by molar-refractivity contribution is 1.09. The van der Waals surface area contributed by atoms with Gasteiger partial charge >= 0.3 is 0 Å². The Morgan fingerprint density at radius 3 is 1.96 bits per heavy atom. The highest BCUT2D eigenvalue weighted by Crippen LogP contribution is 2.49. The van der Waals surface area contributed by atoms with Gasteiger partial charge in [-0.2, -0.15) is 0 Å². The fraction of sp³-hybridized carbons (Fsp3) is 0. The highest BCUT2D eigenvalue weighted by molar-refractivity contribution is 7.26. The molecule has 0 saturated carbocycles. The molecule has 244 valence electrons. The second-order valence-electron chi connectivity index (χ2n) is 14.1. The van der Waals surface area contributed by atoms with Gasteiger partial charge in [0.15, 0.2) is 11.6 Å². The van der Waals surface area contributed by atoms with Crippen LogP contribution in [-0.4, -0.2) is 18.9 Å². The summed E-state index contributed by atoms with van der Waals surface area (Å²) in [6, 6.07) is 57.3. The molecule has 5 heteroatoms. The van der Waals surface area contributed by atoms with Crippen molar-refractivity contribution in [3.63, 3.8) is 0 Å². The van der Waals surface area contributed by atoms with E-state index >= 15 is 0 Å². The van der Waals surface area contributed by atoms with E-state index in [0.717, 1.165) is 38.3 Å². The van der Waals surface area contributed by atoms with E-state index in [0.29, 0.717) is 0 Å². The molecule has 0 aliphatic heterocycles. The molecule has 13 aromatic rings. The van der Waals surface area contributed by atoms with Gasteiger partial charge in [0.05, 0.1) is 37.8 Å². The Bertz CT molecular complexity index is 3700. The van der Waals surface area contributed by atoms with Crippen molar-refractivity contribution < 1.29 is 0 Å². The van der Waals surface area contributed by atoms with Gasteiger partial charge in [0.2, 0.25) is 0 Å². The van der Waals surface area contributed by atoms with E-state index in [4.69, 9.17) is 9.97 Å². The maximum absolute atomic E-state index is 5.60. The second kappa shape index (κ2) is 9.94. The zero-order valence-corrected chi connectivity index (χ0v) is 29.0. The number of rotatable bonds is 2. The van der Waals surface area contributed by atoms with Gasteiger partial charge in [0, 0.05) is 48.0 Å². The number of hydrogen-bond acceptors (Lipinski definition) is 3. The van der Waals surface area contributed by atoms with Crippen LogP contribution in [-0.2, 0) is 0 Å². The lowest BCUT2D eigenvalue weighted by Crippen LogP contribution is -2.01. The molecule has 13 rings (SSSR count). The zero-order chi connectivity index (χ0) is 34.4. The summed E-state index contributed by atoms with van der Waals surface area (Å²) < 4.78 is 7.25. The number of fused-ring (bicyclic) bond motifs is 16. The molecule has 4 nitrogen and oxygen atoms in total. The van der Waals surface area contributed by atoms with E-state index in [1.54, 1.807) is 11.3 Å². The van der Waals surface area contributed by atoms with Gasteiger partial charge in [-0.15, -0.1) is 11.3 Å². The Hall–Kier alpha value is -6.82. The Morgan fingerprint density at radius 2 is 1.09 bits per heavy atom. The molecule has 5 aromatic heterocycles. The maximum atomic E-state index is 5.60. The first-order valence-corrected chi connectivity index (χ1v) is 18.8. The number of aromatic nitrogens is 4. The quantitative estimate of drug-likeness (QED) is 0.181. The minimum atomic E-state index is 0.727. The van der Waals surface area contributed by atoms with Crippen LogP contribution < -0.4 is 0 Å². The molecular weight excluding hydrogens is 665 g/mol. The summed E-state index contributed by atoms with van der Waals surface area (Å²) in [5.41, 5.74) is 8.02. The number of hydrogen-bond donors (Lipinski definition) is 0. The predicted molar refractivity (Wildman–Crippen MR) is 224 cm³/mol. The summed E-state index contributed by atoms with van der Waals surface area (Å²) in [4.78, 5) is 11.0. The van der Waals surface area contributed by atoms with Gasteiger partial charge in [0.1, 0.15) is 0 Å². The van der Waals surface area contributed by atoms with Gasteiger partial charge in [-0.05, 0) is 57.9 Å². The molecule has 53 heavy (non-hydrogen) atoms. The summed E-state index contributed by atoms with van der Waals surface area (Å²) >= 11 is 1.78. The van der Waals surface area contributed by atoms with Crippen LogP contribution >= 0.6 is 11.3 Å². The third-order valence-electron chi connectivity index (χ3n) is 11.4. The van der Waals surface area contributed by atoms with Crippen LogP contribution in [0.15, 0.2) is 158 Å². The molecule has 5 heterocycles. The van der Waals surface area contributed by atoms with Crippen LogP contribution in [0.25, 0.3) is 119 Å². The molecule has 0 aliphatic rings. The van der Waals surface area contributed by atoms with Crippen LogP contribution in [0.3, 0.4) is 0 Å². The Kier molecular flexibility index (Phi) is 5.22. The molecule has 0 amide bonds. The summed E-state index contributed by atoms with van der Waals surface area (Å²) in [5.74, 6) is 1.64. The number of benzene rings is 8. The first-order valence-electron chi connectivity index (χ1n) is 18.0. The lowest BCUT2D eigenvalue weighted by Gasteiger charge is -2.12. The highest BCUT2D eigenvalue weighted by Gasteiger charge is 2.27. The molecule has 0 radical (unpaired) electrons. The van der Waals surface area contributed by atoms with Gasteiger partial charge in [-0.1, -0.05) is 121 Å². The Balaban J connectivity index is 1.29. The molecule has 0 spiro atoms. The van der Waals surface area contributed by atoms with Crippen molar-refractivity contribution in [1.82, 2.24) is 18.9 Å². The summed E-state index contributed by atoms with van der Waals surface area (Å²) in [7, 11) is 0. The summed E-state index contributed by atoms with van der Waals surface area (Å²) in [6.07, 6.45) is 0. The fourth-order valence-electron chi connectivity index (χ4n) is 9.17. The third kappa shape index (κ3) is 3.54. The van der Waals surface area contributed by atoms with E-state index in [2.05, 4.69) is 167 Å². The molecule has 0 atom stereocenters. The van der Waals surface area contributed by atoms with E-state index in [1.807, 2.05) is 0 Å². The molecular formula is C48H26N4S. The van der Waals surface area contributed by atoms with Crippen LogP contribution in [0.1, 0.15) is 0 Å². The van der Waals surface area contributed by atoms with Crippen molar-refractivity contribution >= 4 is 113 Å². The topological polar surface area (TPSA) is 35.1 Å². The number of thiophene rings is 1. The normalized spacial score (nSPS) is 12.5. The maximum Gasteiger partial charge on any atom is 0.162 e. The Labute approximate surface area is 305 Å². The van der Waals surface area contributed by atoms with E-state index in [1.165, 1.54) is 80.6 Å². The highest BCUT2D eigenvalue weighted by atomic mass is 32.1. The van der Waals surface area contributed by atoms with Crippen LogP contribution in [0.5, 0.6) is 0 Å². The second-order valence-corrected chi connectivity index (χ2v) is 15.2. The first kappa shape index (κ1) is 27.8. The molecule has 0 aliphatic carbocycles. The molecule has 0 unspecified atom stereocenters. The van der Waals surface area contributed by atoms with Gasteiger partial charge < -0.3 is 4.40 Å². The largest absolute Gasteiger partial charge is 0.308 e. The molecule has 0 saturated heterocycles. The number of nitrogens with zero attached hydrogens (tertiary/aromatic N) is 4. The van der Waals surface area contributed by atoms with Gasteiger partial charge in [-0.3, -0.25) is 4.57 Å². The summed E-state index contributed by atoms with van der Waals surface area (Å²) in [5, 5.41) is 13.6. The van der Waals surface area contributed by atoms with Crippen molar-refractivity contribution in [3.8, 4) is 17.2 Å². The minimum Gasteiger partial charge on any atom is -0.308 e. The molecule has 8 aromatic carbocycles. The predicted octanol–water partition coefficient (Wildman–Crippen LogP) is 13.1. The third-order valence-corrected chi connectivity index (χ3v) is 12.6. The van der Waals surface area contributed by atoms with Gasteiger partial charge in [0.25, 0.3) is 0 Å². The monoisotopic (exact) mass is 690 g/mol. The smallest absolute Gasteiger partial charge is 0.162 e. The Morgan fingerprint density at radius 1 is 0.434 bits per heavy atom. The van der Waals surface area contributed by atoms with Crippen LogP contribution in [0, 0.1) is 0 Å². The summed E-state index contributed by atoms with van der Waals surface area (Å²) in [6.45, 7) is 0. The van der Waals surface area contributed by atoms with Crippen molar-refractivity contribution in [1.29, 1.82) is 0 Å². The SMILES string of the molecule is c1ccc2cc(-c3nc(-n4c5ccccc5c5cc6c7ccccc7n7c8ccc9ccccc9c8c(c54)c67)c4sc5ccccc5c4n3)ccc2c1. The van der Waals surface area contributed by atoms with Crippen molar-refractivity contribution in [3.05, 3.63) is 158 Å². The lowest BCUT2D eigenvalue weighted by atomic mass is 9.99. The fourth-order valence-corrected chi connectivity index (χ4v) is 10.3. The standard InChI is InChI=1S/C48H26N4S/c1-2-13-29-25-30(22-21-27(29)11-1)47-49-43-34-17-7-10-20-40(34)53-46(43)48(50-47)52-38-19-9-6-16-33(38)36-26-35-32-15-5-8-18-37(32)51-39-24-23-28-12-3-4-14-31(28)41(39)42(44(35)51)45(36)52/h1-26H. The average molecular weight is 691 g/mol. The van der Waals surface area contributed by atoms with Gasteiger partial charge in [-0.25, -0.2) is 9.97 Å². The first-order chi connectivity index (χ1) is 26.3. The number of para-hydroxylation sites is 2.